The summed E-state index contributed by atoms with van der Waals surface area (Å²) in [6.07, 6.45) is 1.44. The van der Waals surface area contributed by atoms with Crippen molar-refractivity contribution in [1.29, 1.82) is 0 Å². The van der Waals surface area contributed by atoms with Gasteiger partial charge in [-0.1, -0.05) is 76.1 Å². The van der Waals surface area contributed by atoms with Gasteiger partial charge in [-0.2, -0.15) is 13.5 Å². The molecule has 5 nitrogen and oxygen atoms in total. The van der Waals surface area contributed by atoms with Crippen LogP contribution in [0.25, 0.3) is 10.8 Å². The van der Waals surface area contributed by atoms with Gasteiger partial charge < -0.3 is 4.74 Å². The molecule has 162 valence electrons. The van der Waals surface area contributed by atoms with Crippen LogP contribution in [0.4, 0.5) is 0 Å². The first-order valence-corrected chi connectivity index (χ1v) is 12.2. The zero-order valence-corrected chi connectivity index (χ0v) is 19.7. The van der Waals surface area contributed by atoms with Crippen molar-refractivity contribution in [3.63, 3.8) is 0 Å². The van der Waals surface area contributed by atoms with E-state index in [0.29, 0.717) is 17.9 Å². The summed E-state index contributed by atoms with van der Waals surface area (Å²) in [7, 11) is -3.75. The highest BCUT2D eigenvalue weighted by atomic mass is 79.9. The molecule has 0 amide bonds. The monoisotopic (exact) mass is 508 g/mol. The summed E-state index contributed by atoms with van der Waals surface area (Å²) >= 11 is 3.44. The van der Waals surface area contributed by atoms with Gasteiger partial charge in [-0.05, 0) is 53.6 Å². The fourth-order valence-corrected chi connectivity index (χ4v) is 4.43. The zero-order chi connectivity index (χ0) is 22.6. The third-order valence-electron chi connectivity index (χ3n) is 4.94. The largest absolute Gasteiger partial charge is 0.488 e. The molecule has 0 heterocycles. The number of hydrogen-bond donors (Lipinski definition) is 1. The Morgan fingerprint density at radius 1 is 0.969 bits per heavy atom. The Balaban J connectivity index is 1.52. The molecule has 0 radical (unpaired) electrons. The van der Waals surface area contributed by atoms with Gasteiger partial charge >= 0.3 is 0 Å². The van der Waals surface area contributed by atoms with Gasteiger partial charge in [0.1, 0.15) is 12.4 Å². The lowest BCUT2D eigenvalue weighted by molar-refractivity contribution is 0.307. The first kappa shape index (κ1) is 22.0. The molecular formula is C25H21BrN2O3S. The van der Waals surface area contributed by atoms with E-state index in [0.717, 1.165) is 26.4 Å². The Hall–Kier alpha value is -3.16. The zero-order valence-electron chi connectivity index (χ0n) is 17.3. The van der Waals surface area contributed by atoms with Gasteiger partial charge in [0, 0.05) is 10.0 Å². The van der Waals surface area contributed by atoms with E-state index in [-0.39, 0.29) is 4.90 Å². The summed E-state index contributed by atoms with van der Waals surface area (Å²) in [5.41, 5.74) is 2.69. The lowest BCUT2D eigenvalue weighted by Gasteiger charge is -2.11. The van der Waals surface area contributed by atoms with E-state index in [2.05, 4.69) is 44.1 Å². The standard InChI is InChI=1S/C25H21BrN2O3S/c1-18-9-12-23(13-10-18)32(29,30)28-27-16-21-15-22(26)11-14-25(21)31-17-20-7-4-6-19-5-2-3-8-24(19)20/h2-16,28H,17H2,1H3/b27-16-. The van der Waals surface area contributed by atoms with Crippen molar-refractivity contribution in [1.82, 2.24) is 4.83 Å². The lowest BCUT2D eigenvalue weighted by atomic mass is 10.1. The molecule has 32 heavy (non-hydrogen) atoms. The third kappa shape index (κ3) is 5.18. The number of nitrogens with one attached hydrogen (secondary N) is 1. The van der Waals surface area contributed by atoms with E-state index in [4.69, 9.17) is 4.74 Å². The van der Waals surface area contributed by atoms with E-state index in [1.807, 2.05) is 49.4 Å². The highest BCUT2D eigenvalue weighted by Gasteiger charge is 2.12. The number of hydrazone groups is 1. The molecule has 0 unspecified atom stereocenters. The van der Waals surface area contributed by atoms with Crippen molar-refractivity contribution >= 4 is 42.9 Å². The molecule has 0 fully saturated rings. The average molecular weight is 509 g/mol. The maximum atomic E-state index is 12.5. The molecule has 0 saturated carbocycles. The predicted octanol–water partition coefficient (Wildman–Crippen LogP) is 5.80. The van der Waals surface area contributed by atoms with Crippen molar-refractivity contribution < 1.29 is 13.2 Å². The number of halogens is 1. The molecule has 0 saturated heterocycles. The van der Waals surface area contributed by atoms with E-state index >= 15 is 0 Å². The summed E-state index contributed by atoms with van der Waals surface area (Å²) in [6, 6.07) is 26.3. The molecular weight excluding hydrogens is 488 g/mol. The lowest BCUT2D eigenvalue weighted by Crippen LogP contribution is -2.18. The van der Waals surface area contributed by atoms with Gasteiger partial charge in [-0.15, -0.1) is 0 Å². The number of benzene rings is 4. The van der Waals surface area contributed by atoms with Crippen LogP contribution >= 0.6 is 15.9 Å². The topological polar surface area (TPSA) is 67.8 Å². The van der Waals surface area contributed by atoms with Crippen LogP contribution in [-0.4, -0.2) is 14.6 Å². The van der Waals surface area contributed by atoms with Crippen molar-refractivity contribution in [3.8, 4) is 5.75 Å². The van der Waals surface area contributed by atoms with Gasteiger partial charge in [0.2, 0.25) is 0 Å². The molecule has 4 aromatic carbocycles. The van der Waals surface area contributed by atoms with Gasteiger partial charge in [0.05, 0.1) is 11.1 Å². The SMILES string of the molecule is Cc1ccc(S(=O)(=O)N/N=C\c2cc(Br)ccc2OCc2cccc3ccccc23)cc1. The molecule has 0 spiro atoms. The van der Waals surface area contributed by atoms with Crippen LogP contribution < -0.4 is 9.57 Å². The Morgan fingerprint density at radius 3 is 2.53 bits per heavy atom. The van der Waals surface area contributed by atoms with Crippen LogP contribution in [0, 0.1) is 6.92 Å². The number of nitrogens with zero attached hydrogens (tertiary/aromatic N) is 1. The number of aryl methyl sites for hydroxylation is 1. The molecule has 0 atom stereocenters. The van der Waals surface area contributed by atoms with Crippen LogP contribution in [0.2, 0.25) is 0 Å². The van der Waals surface area contributed by atoms with E-state index in [9.17, 15) is 8.42 Å². The minimum absolute atomic E-state index is 0.155. The predicted molar refractivity (Wildman–Crippen MR) is 132 cm³/mol. The van der Waals surface area contributed by atoms with Gasteiger partial charge in [-0.3, -0.25) is 0 Å². The Morgan fingerprint density at radius 2 is 1.72 bits per heavy atom. The van der Waals surface area contributed by atoms with Crippen molar-refractivity contribution in [2.75, 3.05) is 0 Å². The summed E-state index contributed by atoms with van der Waals surface area (Å²) in [6.45, 7) is 2.27. The molecule has 4 aromatic rings. The molecule has 0 aliphatic rings. The number of hydrogen-bond acceptors (Lipinski definition) is 4. The summed E-state index contributed by atoms with van der Waals surface area (Å²) in [5, 5.41) is 6.24. The highest BCUT2D eigenvalue weighted by molar-refractivity contribution is 9.10. The number of ether oxygens (including phenoxy) is 1. The normalized spacial score (nSPS) is 11.7. The quantitative estimate of drug-likeness (QED) is 0.253. The van der Waals surface area contributed by atoms with Gasteiger partial charge in [0.25, 0.3) is 10.0 Å². The van der Waals surface area contributed by atoms with Crippen molar-refractivity contribution in [2.24, 2.45) is 5.10 Å². The fourth-order valence-electron chi connectivity index (χ4n) is 3.26. The van der Waals surface area contributed by atoms with E-state index in [1.54, 1.807) is 24.3 Å². The van der Waals surface area contributed by atoms with Crippen molar-refractivity contribution in [2.45, 2.75) is 18.4 Å². The molecule has 0 aliphatic carbocycles. The molecule has 4 rings (SSSR count). The first-order chi connectivity index (χ1) is 15.4. The Bertz CT molecular complexity index is 1380. The molecule has 0 aliphatic heterocycles. The summed E-state index contributed by atoms with van der Waals surface area (Å²) < 4.78 is 31.8. The second-order valence-corrected chi connectivity index (χ2v) is 9.85. The highest BCUT2D eigenvalue weighted by Crippen LogP contribution is 2.25. The maximum Gasteiger partial charge on any atom is 0.276 e. The maximum absolute atomic E-state index is 12.5. The molecule has 0 bridgehead atoms. The van der Waals surface area contributed by atoms with Crippen LogP contribution in [0.3, 0.4) is 0 Å². The van der Waals surface area contributed by atoms with E-state index < -0.39 is 10.0 Å². The van der Waals surface area contributed by atoms with Crippen LogP contribution in [0.15, 0.2) is 99.4 Å². The second kappa shape index (κ2) is 9.54. The first-order valence-electron chi connectivity index (χ1n) is 9.93. The molecule has 1 N–H and O–H groups in total. The van der Waals surface area contributed by atoms with Crippen molar-refractivity contribution in [3.05, 3.63) is 106 Å². The smallest absolute Gasteiger partial charge is 0.276 e. The molecule has 7 heteroatoms. The minimum Gasteiger partial charge on any atom is -0.488 e. The van der Waals surface area contributed by atoms with Gasteiger partial charge in [-0.25, -0.2) is 4.83 Å². The Kier molecular flexibility index (Phi) is 6.58. The summed E-state index contributed by atoms with van der Waals surface area (Å²) in [4.78, 5) is 2.41. The number of sulfonamides is 1. The Labute approximate surface area is 195 Å². The fraction of sp³-hybridized carbons (Fsp3) is 0.0800. The third-order valence-corrected chi connectivity index (χ3v) is 6.67. The summed E-state index contributed by atoms with van der Waals surface area (Å²) in [5.74, 6) is 0.597. The van der Waals surface area contributed by atoms with Crippen LogP contribution in [0.1, 0.15) is 16.7 Å². The molecule has 0 aromatic heterocycles. The van der Waals surface area contributed by atoms with Crippen LogP contribution in [-0.2, 0) is 16.6 Å². The minimum atomic E-state index is -3.75. The van der Waals surface area contributed by atoms with E-state index in [1.165, 1.54) is 6.21 Å². The van der Waals surface area contributed by atoms with Crippen LogP contribution in [0.5, 0.6) is 5.75 Å². The van der Waals surface area contributed by atoms with Gasteiger partial charge in [0.15, 0.2) is 0 Å². The second-order valence-electron chi connectivity index (χ2n) is 7.28. The number of rotatable bonds is 7. The number of fused-ring (bicyclic) bond motifs is 1. The average Bonchev–Trinajstić information content (AvgIpc) is 2.79.